The number of carbonyl (C=O) groups is 1. The molecule has 0 aliphatic rings. The number of nitrogens with zero attached hydrogens (tertiary/aromatic N) is 1. The van der Waals surface area contributed by atoms with Gasteiger partial charge >= 0.3 is 0 Å². The minimum Gasteiger partial charge on any atom is -0.361 e. The number of carbonyl (C=O) groups excluding carboxylic acids is 1. The first-order valence-electron chi connectivity index (χ1n) is 7.82. The van der Waals surface area contributed by atoms with Gasteiger partial charge < -0.3 is 14.9 Å². The van der Waals surface area contributed by atoms with Crippen molar-refractivity contribution in [1.82, 2.24) is 9.55 Å². The van der Waals surface area contributed by atoms with Crippen LogP contribution in [-0.4, -0.2) is 15.5 Å². The zero-order chi connectivity index (χ0) is 16.4. The number of nitrogens with one attached hydrogen (secondary N) is 2. The Hall–Kier alpha value is -2.79. The summed E-state index contributed by atoms with van der Waals surface area (Å²) < 4.78 is 2.08. The van der Waals surface area contributed by atoms with E-state index >= 15 is 0 Å². The van der Waals surface area contributed by atoms with Gasteiger partial charge in [0.1, 0.15) is 0 Å². The highest BCUT2D eigenvalue weighted by Crippen LogP contribution is 2.27. The summed E-state index contributed by atoms with van der Waals surface area (Å²) in [5.74, 6) is 0.00796. The maximum atomic E-state index is 12.6. The van der Waals surface area contributed by atoms with Gasteiger partial charge in [-0.2, -0.15) is 11.3 Å². The van der Waals surface area contributed by atoms with E-state index in [1.54, 1.807) is 11.3 Å². The van der Waals surface area contributed by atoms with Crippen LogP contribution < -0.4 is 5.32 Å². The standard InChI is InChI=1S/C19H17N3OS/c23-19(21-17-5-3-4-16-15(17)6-8-20-16)12-18(14-7-11-24-13-14)22-9-1-2-10-22/h1-11,13,18,20H,12H2,(H,21,23)/t18-/m0/s1. The van der Waals surface area contributed by atoms with E-state index in [0.29, 0.717) is 6.42 Å². The van der Waals surface area contributed by atoms with Crippen LogP contribution in [0.4, 0.5) is 5.69 Å². The van der Waals surface area contributed by atoms with E-state index in [9.17, 15) is 4.79 Å². The Kier molecular flexibility index (Phi) is 3.92. The lowest BCUT2D eigenvalue weighted by molar-refractivity contribution is -0.116. The molecule has 24 heavy (non-hydrogen) atoms. The van der Waals surface area contributed by atoms with Crippen molar-refractivity contribution in [1.29, 1.82) is 0 Å². The first-order chi connectivity index (χ1) is 11.8. The third-order valence-electron chi connectivity index (χ3n) is 4.16. The molecule has 0 unspecified atom stereocenters. The highest BCUT2D eigenvalue weighted by Gasteiger charge is 2.18. The van der Waals surface area contributed by atoms with Crippen molar-refractivity contribution < 1.29 is 4.79 Å². The average Bonchev–Trinajstić information content (AvgIpc) is 3.34. The van der Waals surface area contributed by atoms with Crippen molar-refractivity contribution in [3.05, 3.63) is 77.4 Å². The summed E-state index contributed by atoms with van der Waals surface area (Å²) in [5.41, 5.74) is 3.02. The molecule has 0 saturated carbocycles. The van der Waals surface area contributed by atoms with Crippen LogP contribution in [0.5, 0.6) is 0 Å². The predicted octanol–water partition coefficient (Wildman–Crippen LogP) is 4.65. The molecule has 0 fully saturated rings. The van der Waals surface area contributed by atoms with Gasteiger partial charge in [0.05, 0.1) is 18.2 Å². The van der Waals surface area contributed by atoms with Crippen LogP contribution >= 0.6 is 11.3 Å². The molecule has 3 heterocycles. The number of anilines is 1. The molecule has 4 rings (SSSR count). The van der Waals surface area contributed by atoms with Gasteiger partial charge in [-0.1, -0.05) is 6.07 Å². The van der Waals surface area contributed by atoms with Crippen molar-refractivity contribution in [2.45, 2.75) is 12.5 Å². The second-order valence-electron chi connectivity index (χ2n) is 5.70. The predicted molar refractivity (Wildman–Crippen MR) is 98.4 cm³/mol. The van der Waals surface area contributed by atoms with Crippen molar-refractivity contribution >= 4 is 33.8 Å². The van der Waals surface area contributed by atoms with E-state index in [2.05, 4.69) is 26.3 Å². The molecule has 1 atom stereocenters. The largest absolute Gasteiger partial charge is 0.361 e. The third kappa shape index (κ3) is 2.86. The lowest BCUT2D eigenvalue weighted by Gasteiger charge is -2.18. The van der Waals surface area contributed by atoms with Crippen LogP contribution in [0, 0.1) is 0 Å². The van der Waals surface area contributed by atoms with Crippen molar-refractivity contribution in [2.75, 3.05) is 5.32 Å². The molecular weight excluding hydrogens is 318 g/mol. The maximum Gasteiger partial charge on any atom is 0.226 e. The summed E-state index contributed by atoms with van der Waals surface area (Å²) in [6, 6.07) is 13.9. The number of rotatable bonds is 5. The number of H-pyrrole nitrogens is 1. The van der Waals surface area contributed by atoms with Gasteiger partial charge in [0, 0.05) is 29.5 Å². The number of aromatic amines is 1. The van der Waals surface area contributed by atoms with E-state index in [-0.39, 0.29) is 11.9 Å². The molecule has 0 spiro atoms. The molecule has 4 aromatic rings. The molecule has 5 heteroatoms. The normalized spacial score (nSPS) is 12.3. The van der Waals surface area contributed by atoms with Crippen LogP contribution in [0.1, 0.15) is 18.0 Å². The molecule has 3 aromatic heterocycles. The molecule has 1 amide bonds. The van der Waals surface area contributed by atoms with Crippen molar-refractivity contribution in [2.24, 2.45) is 0 Å². The van der Waals surface area contributed by atoms with Gasteiger partial charge in [-0.25, -0.2) is 0 Å². The van der Waals surface area contributed by atoms with Gasteiger partial charge in [0.25, 0.3) is 0 Å². The Balaban J connectivity index is 1.57. The molecule has 2 N–H and O–H groups in total. The van der Waals surface area contributed by atoms with E-state index in [0.717, 1.165) is 22.2 Å². The molecule has 0 aliphatic carbocycles. The Bertz CT molecular complexity index is 904. The average molecular weight is 335 g/mol. The molecule has 1 aromatic carbocycles. The fourth-order valence-corrected chi connectivity index (χ4v) is 3.69. The van der Waals surface area contributed by atoms with Crippen molar-refractivity contribution in [3.8, 4) is 0 Å². The Labute approximate surface area is 143 Å². The van der Waals surface area contributed by atoms with E-state index in [1.807, 2.05) is 60.4 Å². The molecule has 120 valence electrons. The van der Waals surface area contributed by atoms with Crippen LogP contribution in [0.25, 0.3) is 10.9 Å². The zero-order valence-electron chi connectivity index (χ0n) is 13.0. The third-order valence-corrected chi connectivity index (χ3v) is 4.86. The Morgan fingerprint density at radius 2 is 2.04 bits per heavy atom. The van der Waals surface area contributed by atoms with Gasteiger partial charge in [-0.05, 0) is 52.7 Å². The fraction of sp³-hybridized carbons (Fsp3) is 0.105. The number of hydrogen-bond acceptors (Lipinski definition) is 2. The minimum atomic E-state index is 0.00796. The van der Waals surface area contributed by atoms with Crippen LogP contribution in [-0.2, 0) is 4.79 Å². The number of hydrogen-bond donors (Lipinski definition) is 2. The number of fused-ring (bicyclic) bond motifs is 1. The maximum absolute atomic E-state index is 12.6. The highest BCUT2D eigenvalue weighted by atomic mass is 32.1. The van der Waals surface area contributed by atoms with E-state index < -0.39 is 0 Å². The quantitative estimate of drug-likeness (QED) is 0.548. The lowest BCUT2D eigenvalue weighted by atomic mass is 10.1. The summed E-state index contributed by atoms with van der Waals surface area (Å²) in [6.07, 6.45) is 6.28. The van der Waals surface area contributed by atoms with E-state index in [4.69, 9.17) is 0 Å². The number of amides is 1. The first kappa shape index (κ1) is 14.8. The lowest BCUT2D eigenvalue weighted by Crippen LogP contribution is -2.19. The fourth-order valence-electron chi connectivity index (χ4n) is 2.99. The summed E-state index contributed by atoms with van der Waals surface area (Å²) in [5, 5.41) is 8.23. The number of aromatic nitrogens is 2. The second-order valence-corrected chi connectivity index (χ2v) is 6.48. The summed E-state index contributed by atoms with van der Waals surface area (Å²) in [4.78, 5) is 15.8. The van der Waals surface area contributed by atoms with Gasteiger partial charge in [-0.3, -0.25) is 4.79 Å². The molecule has 0 radical (unpaired) electrons. The second kappa shape index (κ2) is 6.37. The van der Waals surface area contributed by atoms with Gasteiger partial charge in [-0.15, -0.1) is 0 Å². The number of benzene rings is 1. The highest BCUT2D eigenvalue weighted by molar-refractivity contribution is 7.08. The molecule has 4 nitrogen and oxygen atoms in total. The van der Waals surface area contributed by atoms with Crippen molar-refractivity contribution in [3.63, 3.8) is 0 Å². The molecular formula is C19H17N3OS. The van der Waals surface area contributed by atoms with Gasteiger partial charge in [0.2, 0.25) is 5.91 Å². The van der Waals surface area contributed by atoms with Crippen LogP contribution in [0.3, 0.4) is 0 Å². The molecule has 0 bridgehead atoms. The monoisotopic (exact) mass is 335 g/mol. The minimum absolute atomic E-state index is 0.00796. The first-order valence-corrected chi connectivity index (χ1v) is 8.76. The Morgan fingerprint density at radius 3 is 2.83 bits per heavy atom. The smallest absolute Gasteiger partial charge is 0.226 e. The van der Waals surface area contributed by atoms with Crippen LogP contribution in [0.15, 0.2) is 71.8 Å². The Morgan fingerprint density at radius 1 is 1.17 bits per heavy atom. The summed E-state index contributed by atoms with van der Waals surface area (Å²) in [7, 11) is 0. The summed E-state index contributed by atoms with van der Waals surface area (Å²) >= 11 is 1.65. The van der Waals surface area contributed by atoms with Gasteiger partial charge in [0.15, 0.2) is 0 Å². The van der Waals surface area contributed by atoms with E-state index in [1.165, 1.54) is 0 Å². The number of thiophene rings is 1. The molecule has 0 saturated heterocycles. The zero-order valence-corrected chi connectivity index (χ0v) is 13.8. The summed E-state index contributed by atoms with van der Waals surface area (Å²) in [6.45, 7) is 0. The molecule has 0 aliphatic heterocycles. The SMILES string of the molecule is O=C(C[C@@H](c1ccsc1)n1cccc1)Nc1cccc2[nH]ccc12. The van der Waals surface area contributed by atoms with Crippen LogP contribution in [0.2, 0.25) is 0 Å². The topological polar surface area (TPSA) is 49.8 Å².